The molecule has 3 rings (SSSR count). The largest absolute Gasteiger partial charge is 0.356 e. The molecular weight excluding hydrogens is 248 g/mol. The molecule has 1 aliphatic heterocycles. The van der Waals surface area contributed by atoms with Crippen LogP contribution in [0.1, 0.15) is 30.4 Å². The van der Waals surface area contributed by atoms with Crippen LogP contribution in [0.4, 0.5) is 0 Å². The maximum atomic E-state index is 12.3. The van der Waals surface area contributed by atoms with Gasteiger partial charge >= 0.3 is 0 Å². The summed E-state index contributed by atoms with van der Waals surface area (Å²) in [6.07, 6.45) is 5.41. The molecule has 1 aromatic carbocycles. The minimum atomic E-state index is 0.168. The molecule has 108 valence electrons. The van der Waals surface area contributed by atoms with Gasteiger partial charge in [0.25, 0.3) is 0 Å². The number of rotatable bonds is 3. The molecule has 1 aromatic rings. The molecule has 1 amide bonds. The van der Waals surface area contributed by atoms with E-state index in [1.54, 1.807) is 0 Å². The number of nitrogens with one attached hydrogen (secondary N) is 2. The van der Waals surface area contributed by atoms with E-state index in [0.29, 0.717) is 5.92 Å². The second kappa shape index (κ2) is 6.40. The summed E-state index contributed by atoms with van der Waals surface area (Å²) >= 11 is 0. The van der Waals surface area contributed by atoms with Gasteiger partial charge in [0.2, 0.25) is 5.91 Å². The number of amides is 1. The van der Waals surface area contributed by atoms with E-state index in [-0.39, 0.29) is 11.8 Å². The number of hydrogen-bond donors (Lipinski definition) is 2. The van der Waals surface area contributed by atoms with Crippen molar-refractivity contribution >= 4 is 5.91 Å². The van der Waals surface area contributed by atoms with Crippen LogP contribution in [0.25, 0.3) is 0 Å². The summed E-state index contributed by atoms with van der Waals surface area (Å²) in [5.41, 5.74) is 2.78. The Labute approximate surface area is 121 Å². The lowest BCUT2D eigenvalue weighted by atomic mass is 9.83. The van der Waals surface area contributed by atoms with Crippen molar-refractivity contribution in [3.05, 3.63) is 35.4 Å². The molecule has 3 heteroatoms. The van der Waals surface area contributed by atoms with Gasteiger partial charge in [-0.05, 0) is 62.2 Å². The second-order valence-electron chi connectivity index (χ2n) is 6.17. The van der Waals surface area contributed by atoms with Gasteiger partial charge < -0.3 is 10.6 Å². The highest BCUT2D eigenvalue weighted by molar-refractivity contribution is 5.79. The molecule has 0 aromatic heterocycles. The highest BCUT2D eigenvalue weighted by atomic mass is 16.1. The van der Waals surface area contributed by atoms with Crippen LogP contribution in [0.2, 0.25) is 0 Å². The van der Waals surface area contributed by atoms with Crippen LogP contribution in [0.5, 0.6) is 0 Å². The van der Waals surface area contributed by atoms with Crippen molar-refractivity contribution in [1.82, 2.24) is 10.6 Å². The fraction of sp³-hybridized carbons (Fsp3) is 0.588. The minimum absolute atomic E-state index is 0.168. The minimum Gasteiger partial charge on any atom is -0.356 e. The zero-order valence-electron chi connectivity index (χ0n) is 12.0. The van der Waals surface area contributed by atoms with E-state index in [1.807, 2.05) is 0 Å². The Balaban J connectivity index is 1.51. The Hall–Kier alpha value is -1.35. The van der Waals surface area contributed by atoms with Crippen LogP contribution < -0.4 is 10.6 Å². The van der Waals surface area contributed by atoms with Crippen molar-refractivity contribution in [1.29, 1.82) is 0 Å². The molecule has 2 N–H and O–H groups in total. The van der Waals surface area contributed by atoms with Crippen molar-refractivity contribution in [2.24, 2.45) is 11.8 Å². The third-order valence-corrected chi connectivity index (χ3v) is 4.68. The third-order valence-electron chi connectivity index (χ3n) is 4.68. The average Bonchev–Trinajstić information content (AvgIpc) is 2.53. The number of aryl methyl sites for hydroxylation is 1. The van der Waals surface area contributed by atoms with Crippen LogP contribution in [-0.4, -0.2) is 25.5 Å². The molecule has 2 unspecified atom stereocenters. The third kappa shape index (κ3) is 3.21. The number of piperidine rings is 1. The van der Waals surface area contributed by atoms with Crippen LogP contribution in [0, 0.1) is 11.8 Å². The van der Waals surface area contributed by atoms with E-state index in [9.17, 15) is 4.79 Å². The van der Waals surface area contributed by atoms with Gasteiger partial charge in [0.15, 0.2) is 0 Å². The SMILES string of the molecule is O=C(NCC1CCCNC1)C1CCc2ccccc2C1. The maximum Gasteiger partial charge on any atom is 0.223 e. The first-order valence-electron chi connectivity index (χ1n) is 7.88. The summed E-state index contributed by atoms with van der Waals surface area (Å²) in [6.45, 7) is 3.02. The summed E-state index contributed by atoms with van der Waals surface area (Å²) in [5.74, 6) is 1.04. The van der Waals surface area contributed by atoms with E-state index < -0.39 is 0 Å². The molecule has 0 saturated carbocycles. The Morgan fingerprint density at radius 1 is 1.25 bits per heavy atom. The fourth-order valence-corrected chi connectivity index (χ4v) is 3.41. The van der Waals surface area contributed by atoms with E-state index >= 15 is 0 Å². The summed E-state index contributed by atoms with van der Waals surface area (Å²) in [6, 6.07) is 8.53. The summed E-state index contributed by atoms with van der Waals surface area (Å²) < 4.78 is 0. The van der Waals surface area contributed by atoms with E-state index in [0.717, 1.165) is 38.9 Å². The Morgan fingerprint density at radius 3 is 2.90 bits per heavy atom. The second-order valence-corrected chi connectivity index (χ2v) is 6.17. The lowest BCUT2D eigenvalue weighted by Gasteiger charge is -2.26. The molecule has 1 saturated heterocycles. The monoisotopic (exact) mass is 272 g/mol. The van der Waals surface area contributed by atoms with Gasteiger partial charge in [-0.25, -0.2) is 0 Å². The van der Waals surface area contributed by atoms with Crippen molar-refractivity contribution in [3.8, 4) is 0 Å². The molecule has 1 heterocycles. The molecule has 1 aliphatic carbocycles. The van der Waals surface area contributed by atoms with Gasteiger partial charge in [-0.15, -0.1) is 0 Å². The molecular formula is C17H24N2O. The van der Waals surface area contributed by atoms with Gasteiger partial charge in [-0.1, -0.05) is 24.3 Å². The van der Waals surface area contributed by atoms with Gasteiger partial charge in [-0.2, -0.15) is 0 Å². The molecule has 2 aliphatic rings. The predicted octanol–water partition coefficient (Wildman–Crippen LogP) is 1.91. The molecule has 3 nitrogen and oxygen atoms in total. The van der Waals surface area contributed by atoms with Crippen LogP contribution in [0.3, 0.4) is 0 Å². The highest BCUT2D eigenvalue weighted by Gasteiger charge is 2.25. The summed E-state index contributed by atoms with van der Waals surface area (Å²) in [5, 5.41) is 6.57. The van der Waals surface area contributed by atoms with E-state index in [1.165, 1.54) is 24.0 Å². The van der Waals surface area contributed by atoms with E-state index in [2.05, 4.69) is 34.9 Å². The zero-order chi connectivity index (χ0) is 13.8. The summed E-state index contributed by atoms with van der Waals surface area (Å²) in [7, 11) is 0. The topological polar surface area (TPSA) is 41.1 Å². The van der Waals surface area contributed by atoms with Crippen molar-refractivity contribution < 1.29 is 4.79 Å². The standard InChI is InChI=1S/C17H24N2O/c20-17(19-12-13-4-3-9-18-11-13)16-8-7-14-5-1-2-6-15(14)10-16/h1-2,5-6,13,16,18H,3-4,7-12H2,(H,19,20). The summed E-state index contributed by atoms with van der Waals surface area (Å²) in [4.78, 5) is 12.3. The number of carbonyl (C=O) groups is 1. The predicted molar refractivity (Wildman–Crippen MR) is 80.6 cm³/mol. The van der Waals surface area contributed by atoms with Gasteiger partial charge in [-0.3, -0.25) is 4.79 Å². The van der Waals surface area contributed by atoms with E-state index in [4.69, 9.17) is 0 Å². The Bertz CT molecular complexity index is 466. The average molecular weight is 272 g/mol. The molecule has 20 heavy (non-hydrogen) atoms. The number of benzene rings is 1. The van der Waals surface area contributed by atoms with Crippen molar-refractivity contribution in [2.75, 3.05) is 19.6 Å². The lowest BCUT2D eigenvalue weighted by Crippen LogP contribution is -2.41. The zero-order valence-corrected chi connectivity index (χ0v) is 12.0. The first-order chi connectivity index (χ1) is 9.83. The lowest BCUT2D eigenvalue weighted by molar-refractivity contribution is -0.125. The quantitative estimate of drug-likeness (QED) is 0.882. The number of hydrogen-bond acceptors (Lipinski definition) is 2. The number of fused-ring (bicyclic) bond motifs is 1. The fourth-order valence-electron chi connectivity index (χ4n) is 3.41. The molecule has 2 atom stereocenters. The molecule has 0 spiro atoms. The number of carbonyl (C=O) groups excluding carboxylic acids is 1. The first-order valence-corrected chi connectivity index (χ1v) is 7.88. The van der Waals surface area contributed by atoms with Crippen molar-refractivity contribution in [2.45, 2.75) is 32.1 Å². The van der Waals surface area contributed by atoms with Gasteiger partial charge in [0.1, 0.15) is 0 Å². The molecule has 0 radical (unpaired) electrons. The Morgan fingerprint density at radius 2 is 2.10 bits per heavy atom. The van der Waals surface area contributed by atoms with Gasteiger partial charge in [0, 0.05) is 12.5 Å². The Kier molecular flexibility index (Phi) is 4.36. The van der Waals surface area contributed by atoms with Crippen LogP contribution in [0.15, 0.2) is 24.3 Å². The van der Waals surface area contributed by atoms with Crippen molar-refractivity contribution in [3.63, 3.8) is 0 Å². The smallest absolute Gasteiger partial charge is 0.223 e. The first kappa shape index (κ1) is 13.6. The van der Waals surface area contributed by atoms with Crippen LogP contribution in [-0.2, 0) is 17.6 Å². The molecule has 0 bridgehead atoms. The molecule has 1 fully saturated rings. The maximum absolute atomic E-state index is 12.3. The van der Waals surface area contributed by atoms with Crippen LogP contribution >= 0.6 is 0 Å². The highest BCUT2D eigenvalue weighted by Crippen LogP contribution is 2.25. The van der Waals surface area contributed by atoms with Gasteiger partial charge in [0.05, 0.1) is 0 Å². The normalized spacial score (nSPS) is 25.8.